The van der Waals surface area contributed by atoms with E-state index in [9.17, 15) is 4.79 Å². The van der Waals surface area contributed by atoms with Crippen molar-refractivity contribution < 1.29 is 23.7 Å². The van der Waals surface area contributed by atoms with E-state index >= 15 is 0 Å². The van der Waals surface area contributed by atoms with Crippen LogP contribution >= 0.6 is 0 Å². The van der Waals surface area contributed by atoms with Crippen molar-refractivity contribution >= 4 is 11.9 Å². The lowest BCUT2D eigenvalue weighted by Gasteiger charge is -2.27. The highest BCUT2D eigenvalue weighted by molar-refractivity contribution is 5.92. The van der Waals surface area contributed by atoms with Crippen LogP contribution in [-0.2, 0) is 9.53 Å². The summed E-state index contributed by atoms with van der Waals surface area (Å²) in [5.74, 6) is 1.28. The highest BCUT2D eigenvalue weighted by atomic mass is 16.5. The Morgan fingerprint density at radius 2 is 1.77 bits per heavy atom. The highest BCUT2D eigenvalue weighted by Crippen LogP contribution is 2.43. The smallest absolute Gasteiger partial charge is 0.338 e. The third-order valence-electron chi connectivity index (χ3n) is 4.12. The number of benzene rings is 1. The van der Waals surface area contributed by atoms with Crippen LogP contribution in [0.2, 0.25) is 0 Å². The molecule has 1 aliphatic heterocycles. The summed E-state index contributed by atoms with van der Waals surface area (Å²) in [5, 5.41) is 14.6. The van der Waals surface area contributed by atoms with Gasteiger partial charge in [-0.15, -0.1) is 0 Å². The zero-order valence-corrected chi connectivity index (χ0v) is 15.1. The molecule has 1 aliphatic rings. The molecule has 0 amide bonds. The van der Waals surface area contributed by atoms with Gasteiger partial charge in [-0.05, 0) is 35.0 Å². The molecule has 26 heavy (non-hydrogen) atoms. The fraction of sp³-hybridized carbons (Fsp3) is 0.375. The molecule has 1 atom stereocenters. The second kappa shape index (κ2) is 6.90. The predicted molar refractivity (Wildman–Crippen MR) is 90.4 cm³/mol. The monoisotopic (exact) mass is 361 g/mol. The van der Waals surface area contributed by atoms with Crippen molar-refractivity contribution in [3.05, 3.63) is 29.0 Å². The van der Waals surface area contributed by atoms with Crippen LogP contribution in [0.3, 0.4) is 0 Å². The van der Waals surface area contributed by atoms with E-state index in [4.69, 9.17) is 18.9 Å². The van der Waals surface area contributed by atoms with Crippen molar-refractivity contribution in [3.8, 4) is 17.2 Å². The molecule has 3 rings (SSSR count). The third-order valence-corrected chi connectivity index (χ3v) is 4.12. The molecule has 0 saturated carbocycles. The summed E-state index contributed by atoms with van der Waals surface area (Å²) in [4.78, 5) is 12.4. The lowest BCUT2D eigenvalue weighted by atomic mass is 9.95. The topological polar surface area (TPSA) is 110 Å². The van der Waals surface area contributed by atoms with Gasteiger partial charge in [0.15, 0.2) is 11.5 Å². The van der Waals surface area contributed by atoms with E-state index in [0.29, 0.717) is 40.0 Å². The van der Waals surface area contributed by atoms with Gasteiger partial charge in [-0.1, -0.05) is 5.10 Å². The van der Waals surface area contributed by atoms with Gasteiger partial charge in [0.2, 0.25) is 11.7 Å². The average Bonchev–Trinajstić information content (AvgIpc) is 3.12. The molecule has 1 aromatic carbocycles. The maximum absolute atomic E-state index is 12.4. The number of carbonyl (C=O) groups excluding carboxylic acids is 1. The molecule has 0 radical (unpaired) electrons. The molecule has 1 N–H and O–H groups in total. The van der Waals surface area contributed by atoms with Crippen LogP contribution < -0.4 is 19.5 Å². The predicted octanol–water partition coefficient (Wildman–Crippen LogP) is 1.16. The van der Waals surface area contributed by atoms with Crippen molar-refractivity contribution in [3.63, 3.8) is 0 Å². The Hall–Kier alpha value is -3.30. The summed E-state index contributed by atoms with van der Waals surface area (Å²) >= 11 is 0. The molecule has 10 nitrogen and oxygen atoms in total. The largest absolute Gasteiger partial charge is 0.493 e. The number of tetrazole rings is 1. The van der Waals surface area contributed by atoms with Crippen molar-refractivity contribution in [1.29, 1.82) is 0 Å². The van der Waals surface area contributed by atoms with Gasteiger partial charge in [0.1, 0.15) is 6.04 Å². The van der Waals surface area contributed by atoms with Gasteiger partial charge in [0.25, 0.3) is 0 Å². The molecule has 0 aliphatic carbocycles. The van der Waals surface area contributed by atoms with Gasteiger partial charge in [-0.3, -0.25) is 0 Å². The number of nitrogens with zero attached hydrogens (tertiary/aromatic N) is 4. The number of rotatable bonds is 5. The molecule has 0 spiro atoms. The minimum Gasteiger partial charge on any atom is -0.493 e. The molecule has 2 aromatic rings. The molecule has 138 valence electrons. The third kappa shape index (κ3) is 2.68. The number of allylic oxidation sites excluding steroid dienone is 1. The maximum Gasteiger partial charge on any atom is 0.338 e. The molecule has 2 heterocycles. The molecule has 0 fully saturated rings. The number of carbonyl (C=O) groups is 1. The van der Waals surface area contributed by atoms with Crippen LogP contribution in [0.4, 0.5) is 5.95 Å². The molecule has 1 unspecified atom stereocenters. The fourth-order valence-electron chi connectivity index (χ4n) is 2.95. The van der Waals surface area contributed by atoms with Crippen LogP contribution in [0.5, 0.6) is 17.2 Å². The van der Waals surface area contributed by atoms with Gasteiger partial charge in [-0.2, -0.15) is 4.68 Å². The number of ether oxygens (including phenoxy) is 4. The SMILES string of the molecule is COC(=O)C1=C(C)Nc2nnnn2C1c1cc(OC)c(OC)c(OC)c1. The van der Waals surface area contributed by atoms with Crippen LogP contribution in [0.1, 0.15) is 18.5 Å². The van der Waals surface area contributed by atoms with Gasteiger partial charge in [-0.25, -0.2) is 4.79 Å². The van der Waals surface area contributed by atoms with Gasteiger partial charge in [0, 0.05) is 5.70 Å². The van der Waals surface area contributed by atoms with E-state index in [-0.39, 0.29) is 0 Å². The maximum atomic E-state index is 12.4. The summed E-state index contributed by atoms with van der Waals surface area (Å²) < 4.78 is 22.6. The van der Waals surface area contributed by atoms with Crippen molar-refractivity contribution in [2.24, 2.45) is 0 Å². The highest BCUT2D eigenvalue weighted by Gasteiger charge is 2.35. The van der Waals surface area contributed by atoms with Crippen molar-refractivity contribution in [1.82, 2.24) is 20.2 Å². The lowest BCUT2D eigenvalue weighted by Crippen LogP contribution is -2.29. The number of anilines is 1. The summed E-state index contributed by atoms with van der Waals surface area (Å²) in [6.07, 6.45) is 0. The van der Waals surface area contributed by atoms with Gasteiger partial charge >= 0.3 is 5.97 Å². The molecule has 10 heteroatoms. The zero-order valence-electron chi connectivity index (χ0n) is 15.1. The van der Waals surface area contributed by atoms with E-state index in [1.807, 2.05) is 0 Å². The van der Waals surface area contributed by atoms with E-state index < -0.39 is 12.0 Å². The van der Waals surface area contributed by atoms with Crippen LogP contribution in [0.25, 0.3) is 0 Å². The number of nitrogens with one attached hydrogen (secondary N) is 1. The van der Waals surface area contributed by atoms with Crippen LogP contribution in [-0.4, -0.2) is 54.6 Å². The first kappa shape index (κ1) is 17.5. The standard InChI is InChI=1S/C16H19N5O5/c1-8-12(15(22)26-5)13(21-16(17-8)18-19-20-21)9-6-10(23-2)14(25-4)11(7-9)24-3/h6-7,13H,1-5H3,(H,17,18,20). The van der Waals surface area contributed by atoms with E-state index in [2.05, 4.69) is 20.8 Å². The molecular weight excluding hydrogens is 342 g/mol. The Kier molecular flexibility index (Phi) is 4.65. The van der Waals surface area contributed by atoms with E-state index in [0.717, 1.165) is 0 Å². The molecule has 1 aromatic heterocycles. The second-order valence-corrected chi connectivity index (χ2v) is 5.46. The number of aromatic nitrogens is 4. The Morgan fingerprint density at radius 3 is 2.31 bits per heavy atom. The Bertz CT molecular complexity index is 851. The Balaban J connectivity index is 2.25. The Morgan fingerprint density at radius 1 is 1.12 bits per heavy atom. The minimum atomic E-state index is -0.623. The van der Waals surface area contributed by atoms with Crippen LogP contribution in [0.15, 0.2) is 23.4 Å². The Labute approximate surface area is 149 Å². The average molecular weight is 361 g/mol. The van der Waals surface area contributed by atoms with Crippen LogP contribution in [0, 0.1) is 0 Å². The number of hydrogen-bond donors (Lipinski definition) is 1. The van der Waals surface area contributed by atoms with Crippen molar-refractivity contribution in [2.75, 3.05) is 33.8 Å². The molecule has 0 saturated heterocycles. The normalized spacial score (nSPS) is 15.8. The first-order chi connectivity index (χ1) is 12.5. The molecule has 0 bridgehead atoms. The number of hydrogen-bond acceptors (Lipinski definition) is 9. The lowest BCUT2D eigenvalue weighted by molar-refractivity contribution is -0.136. The second-order valence-electron chi connectivity index (χ2n) is 5.46. The number of esters is 1. The molecular formula is C16H19N5O5. The summed E-state index contributed by atoms with van der Waals surface area (Å²) in [5.41, 5.74) is 1.65. The van der Waals surface area contributed by atoms with Gasteiger partial charge in [0.05, 0.1) is 34.0 Å². The minimum absolute atomic E-state index is 0.376. The quantitative estimate of drug-likeness (QED) is 0.784. The zero-order chi connectivity index (χ0) is 18.8. The summed E-state index contributed by atoms with van der Waals surface area (Å²) in [6.45, 7) is 1.76. The number of fused-ring (bicyclic) bond motifs is 1. The first-order valence-electron chi connectivity index (χ1n) is 7.69. The fourth-order valence-corrected chi connectivity index (χ4v) is 2.95. The van der Waals surface area contributed by atoms with E-state index in [1.165, 1.54) is 33.1 Å². The summed E-state index contributed by atoms with van der Waals surface area (Å²) in [6, 6.07) is 2.88. The number of methoxy groups -OCH3 is 4. The van der Waals surface area contributed by atoms with E-state index in [1.54, 1.807) is 19.1 Å². The van der Waals surface area contributed by atoms with Crippen molar-refractivity contribution in [2.45, 2.75) is 13.0 Å². The van der Waals surface area contributed by atoms with Gasteiger partial charge < -0.3 is 24.3 Å². The summed E-state index contributed by atoms with van der Waals surface area (Å²) in [7, 11) is 5.89. The first-order valence-corrected chi connectivity index (χ1v) is 7.69.